The van der Waals surface area contributed by atoms with Crippen molar-refractivity contribution in [2.75, 3.05) is 16.8 Å². The molecule has 0 radical (unpaired) electrons. The van der Waals surface area contributed by atoms with Crippen LogP contribution in [0.5, 0.6) is 0 Å². The van der Waals surface area contributed by atoms with Gasteiger partial charge in [-0.2, -0.15) is 0 Å². The van der Waals surface area contributed by atoms with Crippen molar-refractivity contribution >= 4 is 52.2 Å². The molecule has 0 saturated carbocycles. The molecule has 0 bridgehead atoms. The van der Waals surface area contributed by atoms with Gasteiger partial charge >= 0.3 is 0 Å². The monoisotopic (exact) mass is 288 g/mol. The number of carbonyl (C=O) groups excluding carboxylic acids is 1. The van der Waals surface area contributed by atoms with E-state index in [-0.39, 0.29) is 5.91 Å². The maximum Gasteiger partial charge on any atom is 0.234 e. The molecule has 0 unspecified atom stereocenters. The first-order chi connectivity index (χ1) is 7.99. The molecule has 1 rings (SSSR count). The molecule has 0 fully saturated rings. The fraction of sp³-hybridized carbons (Fsp3) is 0.273. The molecule has 3 nitrogen and oxygen atoms in total. The third-order valence-corrected chi connectivity index (χ3v) is 3.65. The summed E-state index contributed by atoms with van der Waals surface area (Å²) in [6, 6.07) is 5.41. The van der Waals surface area contributed by atoms with E-state index in [4.69, 9.17) is 29.6 Å². The number of benzene rings is 1. The second-order valence-electron chi connectivity index (χ2n) is 3.47. The molecular formula is C11H13ClN2OS2. The average molecular weight is 289 g/mol. The summed E-state index contributed by atoms with van der Waals surface area (Å²) in [7, 11) is 0. The number of rotatable bonds is 5. The van der Waals surface area contributed by atoms with E-state index in [1.807, 2.05) is 19.1 Å². The first kappa shape index (κ1) is 14.3. The average Bonchev–Trinajstić information content (AvgIpc) is 2.23. The fourth-order valence-electron chi connectivity index (χ4n) is 1.11. The molecule has 6 heteroatoms. The lowest BCUT2D eigenvalue weighted by atomic mass is 10.2. The maximum absolute atomic E-state index is 11.5. The summed E-state index contributed by atoms with van der Waals surface area (Å²) in [6.45, 7) is 1.91. The van der Waals surface area contributed by atoms with Crippen LogP contribution in [0, 0.1) is 6.92 Å². The third-order valence-electron chi connectivity index (χ3n) is 1.93. The van der Waals surface area contributed by atoms with Crippen molar-refractivity contribution < 1.29 is 4.79 Å². The van der Waals surface area contributed by atoms with Gasteiger partial charge in [-0.3, -0.25) is 4.79 Å². The van der Waals surface area contributed by atoms with Crippen molar-refractivity contribution in [1.82, 2.24) is 0 Å². The zero-order valence-corrected chi connectivity index (χ0v) is 11.7. The van der Waals surface area contributed by atoms with Crippen molar-refractivity contribution in [3.05, 3.63) is 28.8 Å². The second kappa shape index (κ2) is 6.83. The maximum atomic E-state index is 11.5. The quantitative estimate of drug-likeness (QED) is 0.818. The second-order valence-corrected chi connectivity index (χ2v) is 5.39. The van der Waals surface area contributed by atoms with Gasteiger partial charge in [0.05, 0.1) is 10.7 Å². The van der Waals surface area contributed by atoms with E-state index in [2.05, 4.69) is 5.32 Å². The number of amides is 1. The number of thioether (sulfide) groups is 1. The Kier molecular flexibility index (Phi) is 5.74. The van der Waals surface area contributed by atoms with Gasteiger partial charge in [-0.05, 0) is 24.6 Å². The molecule has 0 saturated heterocycles. The van der Waals surface area contributed by atoms with Crippen LogP contribution in [0.4, 0.5) is 5.69 Å². The van der Waals surface area contributed by atoms with Gasteiger partial charge < -0.3 is 11.1 Å². The van der Waals surface area contributed by atoms with E-state index in [1.165, 1.54) is 11.8 Å². The van der Waals surface area contributed by atoms with Gasteiger partial charge in [-0.1, -0.05) is 29.9 Å². The summed E-state index contributed by atoms with van der Waals surface area (Å²) in [5.41, 5.74) is 7.00. The lowest BCUT2D eigenvalue weighted by Gasteiger charge is -2.06. The minimum Gasteiger partial charge on any atom is -0.393 e. The molecule has 1 amide bonds. The number of hydrogen-bond acceptors (Lipinski definition) is 3. The van der Waals surface area contributed by atoms with Gasteiger partial charge in [0.1, 0.15) is 0 Å². The number of halogens is 1. The molecule has 0 atom stereocenters. The van der Waals surface area contributed by atoms with E-state index in [0.717, 1.165) is 5.56 Å². The Bertz CT molecular complexity index is 437. The lowest BCUT2D eigenvalue weighted by Crippen LogP contribution is -2.17. The third kappa shape index (κ3) is 5.39. The van der Waals surface area contributed by atoms with Crippen LogP contribution < -0.4 is 11.1 Å². The normalized spacial score (nSPS) is 10.0. The van der Waals surface area contributed by atoms with Crippen molar-refractivity contribution in [3.63, 3.8) is 0 Å². The van der Waals surface area contributed by atoms with E-state index in [9.17, 15) is 4.79 Å². The number of nitrogens with one attached hydrogen (secondary N) is 1. The Hall–Kier alpha value is -0.780. The highest BCUT2D eigenvalue weighted by Gasteiger charge is 2.04. The van der Waals surface area contributed by atoms with Crippen LogP contribution in [-0.4, -0.2) is 22.4 Å². The van der Waals surface area contributed by atoms with Crippen LogP contribution >= 0.6 is 35.6 Å². The number of anilines is 1. The van der Waals surface area contributed by atoms with Gasteiger partial charge in [0, 0.05) is 16.5 Å². The minimum atomic E-state index is -0.0915. The van der Waals surface area contributed by atoms with Gasteiger partial charge in [0.25, 0.3) is 0 Å². The Labute approximate surface area is 115 Å². The molecule has 0 aliphatic carbocycles. The fourth-order valence-corrected chi connectivity index (χ4v) is 2.10. The number of nitrogens with two attached hydrogens (primary N) is 1. The highest BCUT2D eigenvalue weighted by atomic mass is 35.5. The predicted molar refractivity (Wildman–Crippen MR) is 78.9 cm³/mol. The predicted octanol–water partition coefficient (Wildman–Crippen LogP) is 2.61. The molecule has 0 aliphatic heterocycles. The topological polar surface area (TPSA) is 55.1 Å². The minimum absolute atomic E-state index is 0.0915. The van der Waals surface area contributed by atoms with E-state index in [0.29, 0.717) is 27.2 Å². The Morgan fingerprint density at radius 2 is 2.24 bits per heavy atom. The van der Waals surface area contributed by atoms with Crippen molar-refractivity contribution in [2.45, 2.75) is 6.92 Å². The molecule has 17 heavy (non-hydrogen) atoms. The van der Waals surface area contributed by atoms with Crippen LogP contribution in [0.15, 0.2) is 18.2 Å². The van der Waals surface area contributed by atoms with E-state index < -0.39 is 0 Å². The van der Waals surface area contributed by atoms with Crippen molar-refractivity contribution in [3.8, 4) is 0 Å². The van der Waals surface area contributed by atoms with E-state index >= 15 is 0 Å². The molecule has 1 aromatic rings. The largest absolute Gasteiger partial charge is 0.393 e. The summed E-state index contributed by atoms with van der Waals surface area (Å²) >= 11 is 12.1. The van der Waals surface area contributed by atoms with Gasteiger partial charge in [-0.25, -0.2) is 0 Å². The number of hydrogen-bond donors (Lipinski definition) is 2. The van der Waals surface area contributed by atoms with Crippen molar-refractivity contribution in [2.24, 2.45) is 5.73 Å². The summed E-state index contributed by atoms with van der Waals surface area (Å²) in [5, 5.41) is 3.39. The molecule has 92 valence electrons. The van der Waals surface area contributed by atoms with Crippen LogP contribution in [0.1, 0.15) is 5.56 Å². The molecule has 3 N–H and O–H groups in total. The summed E-state index contributed by atoms with van der Waals surface area (Å²) in [4.78, 5) is 11.9. The molecule has 0 spiro atoms. The highest BCUT2D eigenvalue weighted by Crippen LogP contribution is 2.20. The van der Waals surface area contributed by atoms with Gasteiger partial charge in [-0.15, -0.1) is 11.8 Å². The Balaban J connectivity index is 2.45. The number of carbonyl (C=O) groups is 1. The summed E-state index contributed by atoms with van der Waals surface area (Å²) < 4.78 is 0. The summed E-state index contributed by atoms with van der Waals surface area (Å²) in [5.74, 6) is 0.742. The van der Waals surface area contributed by atoms with Crippen LogP contribution in [0.2, 0.25) is 5.02 Å². The molecular weight excluding hydrogens is 276 g/mol. The first-order valence-electron chi connectivity index (χ1n) is 4.91. The number of thiocarbonyl (C=S) groups is 1. The molecule has 1 aromatic carbocycles. The Morgan fingerprint density at radius 3 is 2.82 bits per heavy atom. The molecule has 0 aliphatic rings. The van der Waals surface area contributed by atoms with Crippen molar-refractivity contribution in [1.29, 1.82) is 0 Å². The molecule has 0 aromatic heterocycles. The standard InChI is InChI=1S/C11H13ClN2OS2/c1-7-2-3-8(4-9(7)12)14-11(15)6-17-5-10(13)16/h2-4H,5-6H2,1H3,(H2,13,16)(H,14,15). The van der Waals surface area contributed by atoms with Crippen LogP contribution in [0.25, 0.3) is 0 Å². The SMILES string of the molecule is Cc1ccc(NC(=O)CSCC(N)=S)cc1Cl. The lowest BCUT2D eigenvalue weighted by molar-refractivity contribution is -0.113. The summed E-state index contributed by atoms with van der Waals surface area (Å²) in [6.07, 6.45) is 0. The van der Waals surface area contributed by atoms with Gasteiger partial charge in [0.2, 0.25) is 5.91 Å². The first-order valence-corrected chi connectivity index (χ1v) is 6.85. The number of aryl methyl sites for hydroxylation is 1. The smallest absolute Gasteiger partial charge is 0.234 e. The van der Waals surface area contributed by atoms with Gasteiger partial charge in [0.15, 0.2) is 0 Å². The Morgan fingerprint density at radius 1 is 1.53 bits per heavy atom. The van der Waals surface area contributed by atoms with Crippen LogP contribution in [-0.2, 0) is 4.79 Å². The zero-order valence-electron chi connectivity index (χ0n) is 9.33. The van der Waals surface area contributed by atoms with E-state index in [1.54, 1.807) is 6.07 Å². The highest BCUT2D eigenvalue weighted by molar-refractivity contribution is 8.01. The zero-order chi connectivity index (χ0) is 12.8. The molecule has 0 heterocycles. The van der Waals surface area contributed by atoms with Crippen LogP contribution in [0.3, 0.4) is 0 Å².